The van der Waals surface area contributed by atoms with E-state index in [0.29, 0.717) is 0 Å². The predicted octanol–water partition coefficient (Wildman–Crippen LogP) is 1.93. The maximum atomic E-state index is 11.4. The number of hydrogen-bond donors (Lipinski definition) is 1. The summed E-state index contributed by atoms with van der Waals surface area (Å²) >= 11 is 0. The summed E-state index contributed by atoms with van der Waals surface area (Å²) < 4.78 is 0. The van der Waals surface area contributed by atoms with Crippen LogP contribution in [-0.4, -0.2) is 11.9 Å². The molecule has 0 saturated carbocycles. The van der Waals surface area contributed by atoms with E-state index in [1.807, 2.05) is 36.4 Å². The molecule has 0 fully saturated rings. The van der Waals surface area contributed by atoms with Crippen molar-refractivity contribution in [2.75, 3.05) is 0 Å². The summed E-state index contributed by atoms with van der Waals surface area (Å²) in [5.74, 6) is -1.26. The van der Waals surface area contributed by atoms with Gasteiger partial charge in [0, 0.05) is 6.92 Å². The van der Waals surface area contributed by atoms with Crippen LogP contribution in [0.25, 0.3) is 6.08 Å². The van der Waals surface area contributed by atoms with E-state index in [2.05, 4.69) is 10.3 Å². The first-order valence-corrected chi connectivity index (χ1v) is 5.30. The normalized spacial score (nSPS) is 12.1. The van der Waals surface area contributed by atoms with E-state index in [0.717, 1.165) is 5.56 Å². The molecular formula is C13H15NO3. The van der Waals surface area contributed by atoms with Crippen molar-refractivity contribution in [2.45, 2.75) is 13.8 Å². The first-order chi connectivity index (χ1) is 8.09. The number of amides is 1. The van der Waals surface area contributed by atoms with Gasteiger partial charge in [-0.05, 0) is 12.5 Å². The molecule has 1 unspecified atom stereocenters. The summed E-state index contributed by atoms with van der Waals surface area (Å²) in [6, 6.07) is 9.64. The van der Waals surface area contributed by atoms with Gasteiger partial charge in [-0.15, -0.1) is 0 Å². The van der Waals surface area contributed by atoms with Gasteiger partial charge in [0.25, 0.3) is 5.91 Å². The van der Waals surface area contributed by atoms with E-state index in [1.165, 1.54) is 6.92 Å². The average Bonchev–Trinajstić information content (AvgIpc) is 2.34. The molecule has 0 radical (unpaired) electrons. The summed E-state index contributed by atoms with van der Waals surface area (Å²) in [4.78, 5) is 26.3. The third-order valence-electron chi connectivity index (χ3n) is 2.09. The molecular weight excluding hydrogens is 218 g/mol. The summed E-state index contributed by atoms with van der Waals surface area (Å²) in [5.41, 5.74) is 3.09. The zero-order valence-electron chi connectivity index (χ0n) is 9.84. The van der Waals surface area contributed by atoms with E-state index < -0.39 is 5.97 Å². The molecule has 1 aromatic rings. The van der Waals surface area contributed by atoms with Crippen LogP contribution >= 0.6 is 0 Å². The maximum Gasteiger partial charge on any atom is 0.329 e. The SMILES string of the molecule is CC(=O)ONC(=O)C(C)/C=C/c1ccccc1. The molecule has 0 aromatic heterocycles. The lowest BCUT2D eigenvalue weighted by molar-refractivity contribution is -0.156. The number of rotatable bonds is 3. The lowest BCUT2D eigenvalue weighted by Crippen LogP contribution is -2.30. The molecule has 4 heteroatoms. The average molecular weight is 233 g/mol. The Morgan fingerprint density at radius 3 is 2.53 bits per heavy atom. The molecule has 90 valence electrons. The minimum atomic E-state index is -0.544. The molecule has 17 heavy (non-hydrogen) atoms. The van der Waals surface area contributed by atoms with E-state index in [4.69, 9.17) is 0 Å². The first-order valence-electron chi connectivity index (χ1n) is 5.30. The molecule has 0 saturated heterocycles. The molecule has 0 aliphatic rings. The fourth-order valence-electron chi connectivity index (χ4n) is 1.12. The predicted molar refractivity (Wildman–Crippen MR) is 64.5 cm³/mol. The molecule has 0 aliphatic heterocycles. The number of hydrogen-bond acceptors (Lipinski definition) is 3. The van der Waals surface area contributed by atoms with Crippen molar-refractivity contribution in [1.82, 2.24) is 5.48 Å². The highest BCUT2D eigenvalue weighted by molar-refractivity contribution is 5.81. The molecule has 0 spiro atoms. The Morgan fingerprint density at radius 1 is 1.29 bits per heavy atom. The van der Waals surface area contributed by atoms with E-state index >= 15 is 0 Å². The molecule has 4 nitrogen and oxygen atoms in total. The van der Waals surface area contributed by atoms with Gasteiger partial charge < -0.3 is 4.84 Å². The molecule has 1 rings (SSSR count). The number of carbonyl (C=O) groups is 2. The quantitative estimate of drug-likeness (QED) is 0.811. The van der Waals surface area contributed by atoms with Crippen molar-refractivity contribution in [1.29, 1.82) is 0 Å². The van der Waals surface area contributed by atoms with Crippen LogP contribution in [0.15, 0.2) is 36.4 Å². The largest absolute Gasteiger partial charge is 0.341 e. The van der Waals surface area contributed by atoms with Crippen molar-refractivity contribution in [3.05, 3.63) is 42.0 Å². The van der Waals surface area contributed by atoms with Crippen LogP contribution < -0.4 is 5.48 Å². The van der Waals surface area contributed by atoms with Crippen molar-refractivity contribution in [2.24, 2.45) is 5.92 Å². The van der Waals surface area contributed by atoms with Gasteiger partial charge in [0.2, 0.25) is 0 Å². The highest BCUT2D eigenvalue weighted by atomic mass is 16.7. The highest BCUT2D eigenvalue weighted by Gasteiger charge is 2.09. The summed E-state index contributed by atoms with van der Waals surface area (Å²) in [5, 5.41) is 0. The number of hydroxylamine groups is 1. The van der Waals surface area contributed by atoms with Gasteiger partial charge in [0.05, 0.1) is 5.92 Å². The summed E-state index contributed by atoms with van der Waals surface area (Å²) in [7, 11) is 0. The van der Waals surface area contributed by atoms with Crippen LogP contribution in [0, 0.1) is 5.92 Å². The third-order valence-corrected chi connectivity index (χ3v) is 2.09. The van der Waals surface area contributed by atoms with Gasteiger partial charge in [-0.25, -0.2) is 0 Å². The Hall–Kier alpha value is -2.10. The fourth-order valence-corrected chi connectivity index (χ4v) is 1.12. The van der Waals surface area contributed by atoms with Gasteiger partial charge in [-0.2, -0.15) is 5.48 Å². The van der Waals surface area contributed by atoms with Crippen LogP contribution in [0.4, 0.5) is 0 Å². The van der Waals surface area contributed by atoms with Crippen molar-refractivity contribution >= 4 is 18.0 Å². The topological polar surface area (TPSA) is 55.4 Å². The van der Waals surface area contributed by atoms with Crippen LogP contribution in [0.1, 0.15) is 19.4 Å². The minimum Gasteiger partial charge on any atom is -0.341 e. The molecule has 1 atom stereocenters. The Balaban J connectivity index is 2.48. The van der Waals surface area contributed by atoms with E-state index in [1.54, 1.807) is 13.0 Å². The zero-order chi connectivity index (χ0) is 12.7. The van der Waals surface area contributed by atoms with Crippen molar-refractivity contribution in [3.63, 3.8) is 0 Å². The standard InChI is InChI=1S/C13H15NO3/c1-10(13(16)14-17-11(2)15)8-9-12-6-4-3-5-7-12/h3-10H,1-2H3,(H,14,16)/b9-8+. The van der Waals surface area contributed by atoms with Crippen LogP contribution in [0.2, 0.25) is 0 Å². The van der Waals surface area contributed by atoms with Gasteiger partial charge in [0.1, 0.15) is 0 Å². The third kappa shape index (κ3) is 4.97. The number of nitrogens with one attached hydrogen (secondary N) is 1. The lowest BCUT2D eigenvalue weighted by Gasteiger charge is -2.06. The van der Waals surface area contributed by atoms with Gasteiger partial charge >= 0.3 is 5.97 Å². The molecule has 0 aliphatic carbocycles. The smallest absolute Gasteiger partial charge is 0.329 e. The van der Waals surface area contributed by atoms with Gasteiger partial charge in [0.15, 0.2) is 0 Å². The molecule has 1 N–H and O–H groups in total. The monoisotopic (exact) mass is 233 g/mol. The number of benzene rings is 1. The Labute approximate surface area is 100 Å². The first kappa shape index (κ1) is 13.0. The Morgan fingerprint density at radius 2 is 1.94 bits per heavy atom. The second-order valence-electron chi connectivity index (χ2n) is 3.62. The second kappa shape index (κ2) is 6.48. The molecule has 1 amide bonds. The van der Waals surface area contributed by atoms with E-state index in [9.17, 15) is 9.59 Å². The van der Waals surface area contributed by atoms with Crippen LogP contribution in [0.5, 0.6) is 0 Å². The lowest BCUT2D eigenvalue weighted by atomic mass is 10.1. The summed E-state index contributed by atoms with van der Waals surface area (Å²) in [6.07, 6.45) is 3.59. The Bertz CT molecular complexity index is 412. The highest BCUT2D eigenvalue weighted by Crippen LogP contribution is 2.05. The minimum absolute atomic E-state index is 0.354. The zero-order valence-corrected chi connectivity index (χ0v) is 9.84. The van der Waals surface area contributed by atoms with Crippen molar-refractivity contribution in [3.8, 4) is 0 Å². The van der Waals surface area contributed by atoms with Crippen molar-refractivity contribution < 1.29 is 14.4 Å². The fraction of sp³-hybridized carbons (Fsp3) is 0.231. The van der Waals surface area contributed by atoms with E-state index in [-0.39, 0.29) is 11.8 Å². The molecule has 1 aromatic carbocycles. The van der Waals surface area contributed by atoms with Gasteiger partial charge in [-0.1, -0.05) is 42.5 Å². The van der Waals surface area contributed by atoms with Crippen LogP contribution in [0.3, 0.4) is 0 Å². The molecule has 0 bridgehead atoms. The summed E-state index contributed by atoms with van der Waals surface area (Å²) in [6.45, 7) is 2.95. The second-order valence-corrected chi connectivity index (χ2v) is 3.62. The number of carbonyl (C=O) groups excluding carboxylic acids is 2. The maximum absolute atomic E-state index is 11.4. The van der Waals surface area contributed by atoms with Gasteiger partial charge in [-0.3, -0.25) is 9.59 Å². The Kier molecular flexibility index (Phi) is 4.94. The van der Waals surface area contributed by atoms with Crippen LogP contribution in [-0.2, 0) is 14.4 Å². The molecule has 0 heterocycles.